The van der Waals surface area contributed by atoms with Crippen LogP contribution in [-0.4, -0.2) is 11.2 Å². The van der Waals surface area contributed by atoms with Gasteiger partial charge in [-0.25, -0.2) is 4.99 Å². The van der Waals surface area contributed by atoms with E-state index in [2.05, 4.69) is 122 Å². The standard InChI is InChI=1S/C26H20BrN3/c27-26-18-28-24(17-29-26)20-13-15-22(16-14-20)30(21-9-2-1-3-10-21)25-12-6-8-19-7-4-5-11-23(19)25/h1-17,28H,18H2. The summed E-state index contributed by atoms with van der Waals surface area (Å²) in [6, 6.07) is 34.1. The first-order chi connectivity index (χ1) is 14.8. The Hall–Kier alpha value is -3.37. The van der Waals surface area contributed by atoms with Crippen LogP contribution in [0.2, 0.25) is 0 Å². The Balaban J connectivity index is 1.61. The number of rotatable bonds is 4. The summed E-state index contributed by atoms with van der Waals surface area (Å²) in [7, 11) is 0. The largest absolute Gasteiger partial charge is 0.377 e. The van der Waals surface area contributed by atoms with Gasteiger partial charge in [0, 0.05) is 16.8 Å². The fourth-order valence-electron chi connectivity index (χ4n) is 3.77. The lowest BCUT2D eigenvalue weighted by Crippen LogP contribution is -2.21. The Morgan fingerprint density at radius 2 is 1.43 bits per heavy atom. The normalized spacial score (nSPS) is 13.4. The lowest BCUT2D eigenvalue weighted by molar-refractivity contribution is 1.03. The SMILES string of the molecule is BrC1=NC=C(c2ccc(N(c3ccccc3)c3cccc4ccccc34)cc2)NC1. The Labute approximate surface area is 184 Å². The van der Waals surface area contributed by atoms with Crippen LogP contribution >= 0.6 is 15.9 Å². The maximum atomic E-state index is 4.37. The van der Waals surface area contributed by atoms with E-state index in [4.69, 9.17) is 0 Å². The molecule has 3 nitrogen and oxygen atoms in total. The van der Waals surface area contributed by atoms with Gasteiger partial charge in [0.15, 0.2) is 0 Å². The monoisotopic (exact) mass is 453 g/mol. The zero-order valence-corrected chi connectivity index (χ0v) is 17.9. The maximum absolute atomic E-state index is 4.37. The highest BCUT2D eigenvalue weighted by Crippen LogP contribution is 2.38. The summed E-state index contributed by atoms with van der Waals surface area (Å²) in [5, 5.41) is 5.85. The average Bonchev–Trinajstić information content (AvgIpc) is 2.81. The third-order valence-electron chi connectivity index (χ3n) is 5.22. The Bertz CT molecular complexity index is 1240. The third kappa shape index (κ3) is 3.62. The van der Waals surface area contributed by atoms with Crippen LogP contribution in [0.3, 0.4) is 0 Å². The van der Waals surface area contributed by atoms with E-state index in [0.717, 1.165) is 32.9 Å². The molecular formula is C26H20BrN3. The van der Waals surface area contributed by atoms with Crippen molar-refractivity contribution in [3.8, 4) is 0 Å². The molecule has 0 amide bonds. The Kier molecular flexibility index (Phi) is 5.08. The van der Waals surface area contributed by atoms with Crippen molar-refractivity contribution in [3.05, 3.63) is 109 Å². The summed E-state index contributed by atoms with van der Waals surface area (Å²) in [6.07, 6.45) is 1.86. The van der Waals surface area contributed by atoms with Gasteiger partial charge in [-0.15, -0.1) is 0 Å². The minimum absolute atomic E-state index is 0.708. The summed E-state index contributed by atoms with van der Waals surface area (Å²) in [4.78, 5) is 6.68. The number of halogens is 1. The topological polar surface area (TPSA) is 27.6 Å². The quantitative estimate of drug-likeness (QED) is 0.359. The van der Waals surface area contributed by atoms with Crippen molar-refractivity contribution in [2.45, 2.75) is 0 Å². The van der Waals surface area contributed by atoms with Crippen LogP contribution < -0.4 is 10.2 Å². The van der Waals surface area contributed by atoms with Crippen LogP contribution in [0.4, 0.5) is 17.1 Å². The van der Waals surface area contributed by atoms with Gasteiger partial charge in [-0.05, 0) is 57.2 Å². The van der Waals surface area contributed by atoms with Crippen LogP contribution in [0.15, 0.2) is 108 Å². The molecule has 0 bridgehead atoms. The first-order valence-corrected chi connectivity index (χ1v) is 10.7. The van der Waals surface area contributed by atoms with Crippen LogP contribution in [0.1, 0.15) is 5.56 Å². The molecule has 4 heteroatoms. The molecule has 146 valence electrons. The predicted octanol–water partition coefficient (Wildman–Crippen LogP) is 7.00. The fraction of sp³-hybridized carbons (Fsp3) is 0.0385. The second-order valence-corrected chi connectivity index (χ2v) is 8.03. The molecule has 0 spiro atoms. The van der Waals surface area contributed by atoms with Gasteiger partial charge >= 0.3 is 0 Å². The first kappa shape index (κ1) is 18.6. The van der Waals surface area contributed by atoms with Crippen LogP contribution in [0.25, 0.3) is 16.5 Å². The van der Waals surface area contributed by atoms with Gasteiger partial charge in [0.1, 0.15) is 4.62 Å². The van der Waals surface area contributed by atoms with E-state index in [1.807, 2.05) is 12.3 Å². The molecule has 0 fully saturated rings. The minimum Gasteiger partial charge on any atom is -0.377 e. The van der Waals surface area contributed by atoms with Gasteiger partial charge in [0.05, 0.1) is 24.1 Å². The second-order valence-electron chi connectivity index (χ2n) is 7.12. The number of aliphatic imine (C=N–C) groups is 1. The molecule has 1 aliphatic rings. The summed E-state index contributed by atoms with van der Waals surface area (Å²) < 4.78 is 0.911. The molecular weight excluding hydrogens is 434 g/mol. The van der Waals surface area contributed by atoms with Crippen LogP contribution in [0.5, 0.6) is 0 Å². The summed E-state index contributed by atoms with van der Waals surface area (Å²) >= 11 is 3.43. The van der Waals surface area contributed by atoms with E-state index in [0.29, 0.717) is 6.54 Å². The van der Waals surface area contributed by atoms with E-state index < -0.39 is 0 Å². The average molecular weight is 454 g/mol. The number of hydrogen-bond donors (Lipinski definition) is 1. The first-order valence-electron chi connectivity index (χ1n) is 9.89. The van der Waals surface area contributed by atoms with Crippen LogP contribution in [0, 0.1) is 0 Å². The minimum atomic E-state index is 0.708. The number of para-hydroxylation sites is 1. The molecule has 30 heavy (non-hydrogen) atoms. The molecule has 0 unspecified atom stereocenters. The van der Waals surface area contributed by atoms with Crippen molar-refractivity contribution < 1.29 is 0 Å². The van der Waals surface area contributed by atoms with Crippen molar-refractivity contribution in [3.63, 3.8) is 0 Å². The molecule has 0 atom stereocenters. The third-order valence-corrected chi connectivity index (χ3v) is 5.70. The van der Waals surface area contributed by atoms with Crippen molar-refractivity contribution in [1.82, 2.24) is 5.32 Å². The molecule has 0 aromatic heterocycles. The number of nitrogens with zero attached hydrogens (tertiary/aromatic N) is 2. The van der Waals surface area contributed by atoms with E-state index in [1.54, 1.807) is 0 Å². The molecule has 0 saturated heterocycles. The highest BCUT2D eigenvalue weighted by atomic mass is 79.9. The highest BCUT2D eigenvalue weighted by molar-refractivity contribution is 9.18. The Morgan fingerprint density at radius 1 is 0.733 bits per heavy atom. The molecule has 1 N–H and O–H groups in total. The summed E-state index contributed by atoms with van der Waals surface area (Å²) in [5.74, 6) is 0. The highest BCUT2D eigenvalue weighted by Gasteiger charge is 2.15. The second kappa shape index (κ2) is 8.17. The number of benzene rings is 4. The van der Waals surface area contributed by atoms with Gasteiger partial charge in [0.2, 0.25) is 0 Å². The zero-order valence-electron chi connectivity index (χ0n) is 16.3. The van der Waals surface area contributed by atoms with E-state index in [-0.39, 0.29) is 0 Å². The maximum Gasteiger partial charge on any atom is 0.102 e. The Morgan fingerprint density at radius 3 is 2.20 bits per heavy atom. The van der Waals surface area contributed by atoms with Crippen LogP contribution in [-0.2, 0) is 0 Å². The molecule has 1 aliphatic heterocycles. The van der Waals surface area contributed by atoms with Crippen molar-refractivity contribution in [2.24, 2.45) is 4.99 Å². The van der Waals surface area contributed by atoms with Crippen molar-refractivity contribution in [1.29, 1.82) is 0 Å². The number of fused-ring (bicyclic) bond motifs is 1. The number of anilines is 3. The summed E-state index contributed by atoms with van der Waals surface area (Å²) in [5.41, 5.74) is 5.55. The van der Waals surface area contributed by atoms with Crippen molar-refractivity contribution >= 4 is 54.1 Å². The fourth-order valence-corrected chi connectivity index (χ4v) is 4.01. The molecule has 4 aromatic carbocycles. The predicted molar refractivity (Wildman–Crippen MR) is 131 cm³/mol. The molecule has 4 aromatic rings. The van der Waals surface area contributed by atoms with Crippen molar-refractivity contribution in [2.75, 3.05) is 11.4 Å². The molecule has 5 rings (SSSR count). The van der Waals surface area contributed by atoms with Gasteiger partial charge in [-0.3, -0.25) is 0 Å². The summed E-state index contributed by atoms with van der Waals surface area (Å²) in [6.45, 7) is 0.708. The smallest absolute Gasteiger partial charge is 0.102 e. The molecule has 0 saturated carbocycles. The number of nitrogens with one attached hydrogen (secondary N) is 1. The lowest BCUT2D eigenvalue weighted by Gasteiger charge is -2.27. The van der Waals surface area contributed by atoms with E-state index in [1.165, 1.54) is 10.8 Å². The lowest BCUT2D eigenvalue weighted by atomic mass is 10.1. The van der Waals surface area contributed by atoms with E-state index >= 15 is 0 Å². The van der Waals surface area contributed by atoms with Gasteiger partial charge in [0.25, 0.3) is 0 Å². The molecule has 0 aliphatic carbocycles. The van der Waals surface area contributed by atoms with E-state index in [9.17, 15) is 0 Å². The number of hydrogen-bond acceptors (Lipinski definition) is 3. The van der Waals surface area contributed by atoms with Gasteiger partial charge in [-0.2, -0.15) is 0 Å². The zero-order chi connectivity index (χ0) is 20.3. The molecule has 1 heterocycles. The molecule has 0 radical (unpaired) electrons. The van der Waals surface area contributed by atoms with Gasteiger partial charge < -0.3 is 10.2 Å². The van der Waals surface area contributed by atoms with Gasteiger partial charge in [-0.1, -0.05) is 66.7 Å².